The number of ether oxygens (including phenoxy) is 1. The maximum atomic E-state index is 13.7. The minimum absolute atomic E-state index is 0.104. The van der Waals surface area contributed by atoms with Gasteiger partial charge in [-0.3, -0.25) is 13.6 Å². The highest BCUT2D eigenvalue weighted by Crippen LogP contribution is 2.36. The average molecular weight is 495 g/mol. The van der Waals surface area contributed by atoms with Crippen LogP contribution in [0.1, 0.15) is 38.8 Å². The van der Waals surface area contributed by atoms with Crippen LogP contribution in [-0.2, 0) is 17.5 Å². The average Bonchev–Trinajstić information content (AvgIpc) is 3.50. The molecule has 0 saturated carbocycles. The molecular weight excluding hydrogens is 475 g/mol. The standard InChI is InChI=1S/C24H20F3N7O2/c1-12-5-16-17(34-11-29-7-18(34)21(28)31-16)6-14(12)23(35)32(2)19-10-36-9-15-13(19)3-4-33-20(24(25,26)27)8-30-22(15)33/h3-8,11,19H,9-10H2,1-2H3,(H2,28,31). The van der Waals surface area contributed by atoms with Crippen molar-refractivity contribution < 1.29 is 22.7 Å². The Labute approximate surface area is 201 Å². The topological polar surface area (TPSA) is 103 Å². The molecule has 0 aliphatic carbocycles. The van der Waals surface area contributed by atoms with Gasteiger partial charge in [-0.1, -0.05) is 0 Å². The molecule has 4 aromatic heterocycles. The van der Waals surface area contributed by atoms with Crippen LogP contribution in [0.15, 0.2) is 43.1 Å². The normalized spacial score (nSPS) is 16.1. The van der Waals surface area contributed by atoms with Crippen molar-refractivity contribution in [3.63, 3.8) is 0 Å². The van der Waals surface area contributed by atoms with Gasteiger partial charge in [-0.2, -0.15) is 13.2 Å². The van der Waals surface area contributed by atoms with Gasteiger partial charge in [0.25, 0.3) is 5.91 Å². The molecule has 36 heavy (non-hydrogen) atoms. The molecule has 0 saturated heterocycles. The van der Waals surface area contributed by atoms with Crippen molar-refractivity contribution in [3.05, 3.63) is 71.1 Å². The van der Waals surface area contributed by atoms with Crippen molar-refractivity contribution in [3.8, 4) is 0 Å². The molecular formula is C24H20F3N7O2. The van der Waals surface area contributed by atoms with Gasteiger partial charge < -0.3 is 15.4 Å². The lowest BCUT2D eigenvalue weighted by molar-refractivity contribution is -0.141. The van der Waals surface area contributed by atoms with Gasteiger partial charge in [-0.05, 0) is 36.2 Å². The van der Waals surface area contributed by atoms with Crippen molar-refractivity contribution in [2.24, 2.45) is 0 Å². The van der Waals surface area contributed by atoms with Crippen LogP contribution < -0.4 is 5.73 Å². The fourth-order valence-corrected chi connectivity index (χ4v) is 4.86. The Kier molecular flexibility index (Phi) is 4.74. The van der Waals surface area contributed by atoms with E-state index in [9.17, 15) is 18.0 Å². The highest BCUT2D eigenvalue weighted by atomic mass is 19.4. The molecule has 1 aromatic carbocycles. The summed E-state index contributed by atoms with van der Waals surface area (Å²) in [6.07, 6.45) is 0.826. The highest BCUT2D eigenvalue weighted by molar-refractivity contribution is 6.00. The summed E-state index contributed by atoms with van der Waals surface area (Å²) in [5.74, 6) is 0.0747. The lowest BCUT2D eigenvalue weighted by Crippen LogP contribution is -2.37. The molecule has 12 heteroatoms. The summed E-state index contributed by atoms with van der Waals surface area (Å²) in [6.45, 7) is 2.12. The SMILES string of the molecule is Cc1cc2nc(N)c3cncn3c2cc1C(=O)N(C)C1COCc2c1ccn1c(C(F)(F)F)cnc21. The van der Waals surface area contributed by atoms with Crippen molar-refractivity contribution in [2.75, 3.05) is 19.4 Å². The zero-order valence-electron chi connectivity index (χ0n) is 19.2. The number of nitrogens with zero attached hydrogens (tertiary/aromatic N) is 6. The molecule has 1 amide bonds. The van der Waals surface area contributed by atoms with Gasteiger partial charge >= 0.3 is 6.18 Å². The summed E-state index contributed by atoms with van der Waals surface area (Å²) < 4.78 is 48.6. The number of carbonyl (C=O) groups is 1. The number of fused-ring (bicyclic) bond motifs is 6. The second-order valence-electron chi connectivity index (χ2n) is 8.83. The zero-order chi connectivity index (χ0) is 25.4. The van der Waals surface area contributed by atoms with Crippen LogP contribution in [0.25, 0.3) is 22.2 Å². The van der Waals surface area contributed by atoms with E-state index in [0.717, 1.165) is 10.6 Å². The molecule has 1 aliphatic heterocycles. The number of benzene rings is 1. The third kappa shape index (κ3) is 3.21. The van der Waals surface area contributed by atoms with Gasteiger partial charge in [0.2, 0.25) is 0 Å². The fourth-order valence-electron chi connectivity index (χ4n) is 4.86. The molecule has 184 valence electrons. The van der Waals surface area contributed by atoms with Crippen molar-refractivity contribution in [1.29, 1.82) is 0 Å². The third-order valence-corrected chi connectivity index (χ3v) is 6.73. The number of amides is 1. The number of hydrogen-bond donors (Lipinski definition) is 1. The number of hydrogen-bond acceptors (Lipinski definition) is 6. The first kappa shape index (κ1) is 22.3. The highest BCUT2D eigenvalue weighted by Gasteiger charge is 2.36. The maximum absolute atomic E-state index is 13.7. The van der Waals surface area contributed by atoms with Gasteiger partial charge in [0.05, 0.1) is 49.0 Å². The Morgan fingerprint density at radius 3 is 2.81 bits per heavy atom. The van der Waals surface area contributed by atoms with E-state index in [2.05, 4.69) is 15.0 Å². The molecule has 0 fully saturated rings. The Bertz CT molecular complexity index is 1690. The first-order chi connectivity index (χ1) is 17.1. The zero-order valence-corrected chi connectivity index (χ0v) is 19.2. The lowest BCUT2D eigenvalue weighted by atomic mass is 9.98. The van der Waals surface area contributed by atoms with Gasteiger partial charge in [-0.15, -0.1) is 0 Å². The van der Waals surface area contributed by atoms with Gasteiger partial charge in [0, 0.05) is 24.4 Å². The predicted molar refractivity (Wildman–Crippen MR) is 124 cm³/mol. The van der Waals surface area contributed by atoms with Crippen LogP contribution in [0.5, 0.6) is 0 Å². The molecule has 6 rings (SSSR count). The quantitative estimate of drug-likeness (QED) is 0.400. The van der Waals surface area contributed by atoms with Crippen LogP contribution in [0.3, 0.4) is 0 Å². The third-order valence-electron chi connectivity index (χ3n) is 6.73. The predicted octanol–water partition coefficient (Wildman–Crippen LogP) is 3.78. The van der Waals surface area contributed by atoms with Crippen LogP contribution in [-0.4, -0.2) is 48.2 Å². The smallest absolute Gasteiger partial charge is 0.382 e. The Hall–Kier alpha value is -4.19. The van der Waals surface area contributed by atoms with E-state index >= 15 is 0 Å². The maximum Gasteiger partial charge on any atom is 0.433 e. The lowest BCUT2D eigenvalue weighted by Gasteiger charge is -2.33. The van der Waals surface area contributed by atoms with E-state index in [-0.39, 0.29) is 24.8 Å². The van der Waals surface area contributed by atoms with E-state index in [0.29, 0.717) is 44.6 Å². The second kappa shape index (κ2) is 7.65. The number of rotatable bonds is 2. The second-order valence-corrected chi connectivity index (χ2v) is 8.83. The monoisotopic (exact) mass is 495 g/mol. The molecule has 0 radical (unpaired) electrons. The number of likely N-dealkylation sites (N-methyl/N-ethyl adjacent to an activating group) is 1. The molecule has 0 bridgehead atoms. The number of carbonyl (C=O) groups excluding carboxylic acids is 1. The number of halogens is 3. The number of nitrogen functional groups attached to an aromatic ring is 1. The number of aromatic nitrogens is 5. The van der Waals surface area contributed by atoms with Gasteiger partial charge in [0.1, 0.15) is 22.7 Å². The molecule has 9 nitrogen and oxygen atoms in total. The summed E-state index contributed by atoms with van der Waals surface area (Å²) >= 11 is 0. The van der Waals surface area contributed by atoms with Crippen LogP contribution in [0.2, 0.25) is 0 Å². The number of anilines is 1. The Morgan fingerprint density at radius 2 is 2.03 bits per heavy atom. The molecule has 1 atom stereocenters. The minimum atomic E-state index is -4.54. The van der Waals surface area contributed by atoms with E-state index in [4.69, 9.17) is 10.5 Å². The van der Waals surface area contributed by atoms with E-state index < -0.39 is 17.9 Å². The first-order valence-corrected chi connectivity index (χ1v) is 11.1. The Morgan fingerprint density at radius 1 is 1.22 bits per heavy atom. The summed E-state index contributed by atoms with van der Waals surface area (Å²) in [7, 11) is 1.65. The molecule has 5 heterocycles. The molecule has 0 spiro atoms. The van der Waals surface area contributed by atoms with Crippen molar-refractivity contribution in [2.45, 2.75) is 25.7 Å². The fraction of sp³-hybridized carbons (Fsp3) is 0.250. The summed E-state index contributed by atoms with van der Waals surface area (Å²) in [5, 5.41) is 0. The van der Waals surface area contributed by atoms with Crippen LogP contribution in [0, 0.1) is 6.92 Å². The number of alkyl halides is 3. The number of imidazole rings is 2. The summed E-state index contributed by atoms with van der Waals surface area (Å²) in [5.41, 5.74) is 9.68. The molecule has 1 unspecified atom stereocenters. The van der Waals surface area contributed by atoms with E-state index in [1.54, 1.807) is 47.1 Å². The summed E-state index contributed by atoms with van der Waals surface area (Å²) in [6, 6.07) is 4.64. The number of aryl methyl sites for hydroxylation is 1. The van der Waals surface area contributed by atoms with E-state index in [1.807, 2.05) is 6.92 Å². The molecule has 2 N–H and O–H groups in total. The summed E-state index contributed by atoms with van der Waals surface area (Å²) in [4.78, 5) is 27.8. The first-order valence-electron chi connectivity index (χ1n) is 11.1. The largest absolute Gasteiger partial charge is 0.433 e. The number of pyridine rings is 1. The van der Waals surface area contributed by atoms with Crippen molar-refractivity contribution >= 4 is 33.9 Å². The van der Waals surface area contributed by atoms with Crippen molar-refractivity contribution in [1.82, 2.24) is 28.7 Å². The van der Waals surface area contributed by atoms with E-state index in [1.165, 1.54) is 6.20 Å². The minimum Gasteiger partial charge on any atom is -0.382 e. The van der Waals surface area contributed by atoms with Gasteiger partial charge in [-0.25, -0.2) is 15.0 Å². The number of nitrogens with two attached hydrogens (primary N) is 1. The Balaban J connectivity index is 1.42. The molecule has 5 aromatic rings. The van der Waals surface area contributed by atoms with Crippen LogP contribution in [0.4, 0.5) is 19.0 Å². The van der Waals surface area contributed by atoms with Gasteiger partial charge in [0.15, 0.2) is 0 Å². The molecule has 1 aliphatic rings. The van der Waals surface area contributed by atoms with Crippen LogP contribution >= 0.6 is 0 Å².